The molecule has 0 radical (unpaired) electrons. The van der Waals surface area contributed by atoms with E-state index in [4.69, 9.17) is 11.6 Å². The largest absolute Gasteiger partial charge is 0.507 e. The average molecular weight is 424 g/mol. The van der Waals surface area contributed by atoms with Crippen molar-refractivity contribution in [2.45, 2.75) is 13.0 Å². The van der Waals surface area contributed by atoms with Crippen molar-refractivity contribution in [1.82, 2.24) is 9.80 Å². The molecule has 1 N–H and O–H groups in total. The van der Waals surface area contributed by atoms with Crippen molar-refractivity contribution in [2.75, 3.05) is 26.2 Å². The van der Waals surface area contributed by atoms with Crippen LogP contribution >= 0.6 is 27.5 Å². The number of aromatic hydroxyl groups is 1. The summed E-state index contributed by atoms with van der Waals surface area (Å²) in [6.07, 6.45) is 0. The van der Waals surface area contributed by atoms with Gasteiger partial charge in [0.2, 0.25) is 0 Å². The fraction of sp³-hybridized carbons (Fsp3) is 0.316. The van der Waals surface area contributed by atoms with Crippen LogP contribution in [0.25, 0.3) is 0 Å². The van der Waals surface area contributed by atoms with E-state index in [0.717, 1.165) is 28.1 Å². The zero-order valence-electron chi connectivity index (χ0n) is 14.0. The van der Waals surface area contributed by atoms with Gasteiger partial charge in [-0.25, -0.2) is 0 Å². The van der Waals surface area contributed by atoms with E-state index in [0.29, 0.717) is 18.7 Å². The van der Waals surface area contributed by atoms with Gasteiger partial charge >= 0.3 is 0 Å². The lowest BCUT2D eigenvalue weighted by Gasteiger charge is -2.38. The maximum Gasteiger partial charge on any atom is 0.257 e. The van der Waals surface area contributed by atoms with Crippen LogP contribution in [-0.4, -0.2) is 47.0 Å². The lowest BCUT2D eigenvalue weighted by molar-refractivity contribution is 0.0579. The number of amides is 1. The van der Waals surface area contributed by atoms with Crippen LogP contribution in [0, 0.1) is 0 Å². The smallest absolute Gasteiger partial charge is 0.257 e. The second kappa shape index (κ2) is 7.77. The molecule has 1 heterocycles. The molecule has 4 nitrogen and oxygen atoms in total. The summed E-state index contributed by atoms with van der Waals surface area (Å²) in [6.45, 7) is 4.93. The Morgan fingerprint density at radius 1 is 1.16 bits per heavy atom. The van der Waals surface area contributed by atoms with E-state index in [1.54, 1.807) is 17.0 Å². The number of phenols is 1. The van der Waals surface area contributed by atoms with Gasteiger partial charge in [0, 0.05) is 41.7 Å². The molecule has 0 aliphatic carbocycles. The molecule has 0 aromatic heterocycles. The molecule has 2 aromatic rings. The zero-order chi connectivity index (χ0) is 18.0. The predicted molar refractivity (Wildman–Crippen MR) is 103 cm³/mol. The fourth-order valence-corrected chi connectivity index (χ4v) is 3.83. The van der Waals surface area contributed by atoms with Gasteiger partial charge in [-0.1, -0.05) is 45.7 Å². The van der Waals surface area contributed by atoms with Crippen molar-refractivity contribution in [3.63, 3.8) is 0 Å². The Bertz CT molecular complexity index is 776. The highest BCUT2D eigenvalue weighted by Gasteiger charge is 2.27. The molecule has 6 heteroatoms. The number of hydrogen-bond acceptors (Lipinski definition) is 3. The van der Waals surface area contributed by atoms with Gasteiger partial charge in [-0.15, -0.1) is 0 Å². The highest BCUT2D eigenvalue weighted by molar-refractivity contribution is 9.10. The molecule has 1 aliphatic rings. The fourth-order valence-electron chi connectivity index (χ4n) is 3.17. The molecule has 1 saturated heterocycles. The Balaban J connectivity index is 1.66. The summed E-state index contributed by atoms with van der Waals surface area (Å²) in [5.41, 5.74) is 1.44. The molecule has 1 atom stereocenters. The Morgan fingerprint density at radius 3 is 2.52 bits per heavy atom. The maximum atomic E-state index is 12.7. The van der Waals surface area contributed by atoms with Gasteiger partial charge in [-0.2, -0.15) is 0 Å². The minimum atomic E-state index is -0.135. The van der Waals surface area contributed by atoms with Crippen molar-refractivity contribution in [3.05, 3.63) is 63.1 Å². The Morgan fingerprint density at radius 2 is 1.84 bits per heavy atom. The first-order valence-corrected chi connectivity index (χ1v) is 9.40. The molecule has 1 amide bonds. The first-order valence-electron chi connectivity index (χ1n) is 8.23. The van der Waals surface area contributed by atoms with E-state index in [-0.39, 0.29) is 17.7 Å². The van der Waals surface area contributed by atoms with Crippen molar-refractivity contribution in [2.24, 2.45) is 0 Å². The van der Waals surface area contributed by atoms with Crippen LogP contribution in [0.1, 0.15) is 28.9 Å². The molecule has 132 valence electrons. The van der Waals surface area contributed by atoms with Gasteiger partial charge in [0.15, 0.2) is 0 Å². The quantitative estimate of drug-likeness (QED) is 0.799. The topological polar surface area (TPSA) is 43.8 Å². The normalized spacial score (nSPS) is 16.7. The van der Waals surface area contributed by atoms with Gasteiger partial charge in [0.1, 0.15) is 5.75 Å². The molecule has 1 aliphatic heterocycles. The van der Waals surface area contributed by atoms with E-state index in [1.807, 2.05) is 24.3 Å². The molecule has 2 aromatic carbocycles. The van der Waals surface area contributed by atoms with Gasteiger partial charge in [-0.3, -0.25) is 9.69 Å². The van der Waals surface area contributed by atoms with E-state index >= 15 is 0 Å². The summed E-state index contributed by atoms with van der Waals surface area (Å²) in [6, 6.07) is 13.0. The van der Waals surface area contributed by atoms with Crippen molar-refractivity contribution < 1.29 is 9.90 Å². The van der Waals surface area contributed by atoms with Gasteiger partial charge < -0.3 is 10.0 Å². The predicted octanol–water partition coefficient (Wildman–Crippen LogP) is 4.33. The lowest BCUT2D eigenvalue weighted by atomic mass is 10.1. The molecule has 3 rings (SSSR count). The number of nitrogens with zero attached hydrogens (tertiary/aromatic N) is 2. The summed E-state index contributed by atoms with van der Waals surface area (Å²) in [5.74, 6) is -0.121. The number of rotatable bonds is 3. The molecule has 0 bridgehead atoms. The van der Waals surface area contributed by atoms with Crippen LogP contribution in [0.4, 0.5) is 0 Å². The summed E-state index contributed by atoms with van der Waals surface area (Å²) in [7, 11) is 0. The van der Waals surface area contributed by atoms with Crippen molar-refractivity contribution in [1.29, 1.82) is 0 Å². The Labute approximate surface area is 161 Å². The second-order valence-corrected chi connectivity index (χ2v) is 7.51. The van der Waals surface area contributed by atoms with E-state index in [2.05, 4.69) is 27.8 Å². The third-order valence-corrected chi connectivity index (χ3v) is 5.53. The standard InChI is InChI=1S/C19H20BrClN2O2/c1-13(15-4-2-3-5-17(15)21)22-8-10-23(11-9-22)19(25)16-12-14(20)6-7-18(16)24/h2-7,12-13,24H,8-11H2,1H3. The monoisotopic (exact) mass is 422 g/mol. The zero-order valence-corrected chi connectivity index (χ0v) is 16.3. The Kier molecular flexibility index (Phi) is 5.67. The highest BCUT2D eigenvalue weighted by Crippen LogP contribution is 2.29. The molecule has 0 saturated carbocycles. The van der Waals surface area contributed by atoms with Crippen molar-refractivity contribution >= 4 is 33.4 Å². The SMILES string of the molecule is CC(c1ccccc1Cl)N1CCN(C(=O)c2cc(Br)ccc2O)CC1. The van der Waals surface area contributed by atoms with Crippen LogP contribution in [0.3, 0.4) is 0 Å². The van der Waals surface area contributed by atoms with Crippen LogP contribution in [-0.2, 0) is 0 Å². The third-order valence-electron chi connectivity index (χ3n) is 4.69. The molecule has 1 unspecified atom stereocenters. The second-order valence-electron chi connectivity index (χ2n) is 6.19. The lowest BCUT2D eigenvalue weighted by Crippen LogP contribution is -2.49. The molecule has 1 fully saturated rings. The first kappa shape index (κ1) is 18.2. The summed E-state index contributed by atoms with van der Waals surface area (Å²) in [4.78, 5) is 16.8. The van der Waals surface area contributed by atoms with E-state index in [9.17, 15) is 9.90 Å². The molecule has 25 heavy (non-hydrogen) atoms. The van der Waals surface area contributed by atoms with Crippen LogP contribution in [0.5, 0.6) is 5.75 Å². The summed E-state index contributed by atoms with van der Waals surface area (Å²) < 4.78 is 0.777. The van der Waals surface area contributed by atoms with Crippen molar-refractivity contribution in [3.8, 4) is 5.75 Å². The number of benzene rings is 2. The highest BCUT2D eigenvalue weighted by atomic mass is 79.9. The minimum absolute atomic E-state index is 0.0139. The van der Waals surface area contributed by atoms with Crippen LogP contribution in [0.2, 0.25) is 5.02 Å². The van der Waals surface area contributed by atoms with Gasteiger partial charge in [0.05, 0.1) is 5.56 Å². The third kappa shape index (κ3) is 4.00. The number of piperazine rings is 1. The van der Waals surface area contributed by atoms with E-state index in [1.165, 1.54) is 6.07 Å². The Hall–Kier alpha value is -1.56. The minimum Gasteiger partial charge on any atom is -0.507 e. The average Bonchev–Trinajstić information content (AvgIpc) is 2.63. The summed E-state index contributed by atoms with van der Waals surface area (Å²) in [5, 5.41) is 10.7. The number of phenolic OH excluding ortho intramolecular Hbond substituents is 1. The van der Waals surface area contributed by atoms with Gasteiger partial charge in [0.25, 0.3) is 5.91 Å². The molecule has 0 spiro atoms. The number of halogens is 2. The van der Waals surface area contributed by atoms with Gasteiger partial charge in [-0.05, 0) is 36.8 Å². The first-order chi connectivity index (χ1) is 12.0. The van der Waals surface area contributed by atoms with Crippen LogP contribution in [0.15, 0.2) is 46.9 Å². The molecular weight excluding hydrogens is 404 g/mol. The summed E-state index contributed by atoms with van der Waals surface area (Å²) >= 11 is 9.65. The number of carbonyl (C=O) groups is 1. The maximum absolute atomic E-state index is 12.7. The van der Waals surface area contributed by atoms with Crippen LogP contribution < -0.4 is 0 Å². The molecular formula is C19H20BrClN2O2. The van der Waals surface area contributed by atoms with E-state index < -0.39 is 0 Å². The number of carbonyl (C=O) groups excluding carboxylic acids is 1. The number of hydrogen-bond donors (Lipinski definition) is 1.